The Kier molecular flexibility index (Phi) is 4.17. The monoisotopic (exact) mass is 257 g/mol. The Bertz CT molecular complexity index is 558. The average Bonchev–Trinajstić information content (AvgIpc) is 2.47. The van der Waals surface area contributed by atoms with Gasteiger partial charge in [-0.05, 0) is 24.3 Å². The molecule has 0 radical (unpaired) electrons. The van der Waals surface area contributed by atoms with Gasteiger partial charge in [0.1, 0.15) is 0 Å². The van der Waals surface area contributed by atoms with E-state index in [9.17, 15) is 9.59 Å². The smallest absolute Gasteiger partial charge is 0.338 e. The van der Waals surface area contributed by atoms with Crippen molar-refractivity contribution in [3.8, 4) is 0 Å². The highest BCUT2D eigenvalue weighted by Crippen LogP contribution is 2.03. The second kappa shape index (κ2) is 6.25. The van der Waals surface area contributed by atoms with Crippen molar-refractivity contribution in [1.29, 1.82) is 0 Å². The topological polar surface area (TPSA) is 81.2 Å². The molecule has 0 saturated heterocycles. The van der Waals surface area contributed by atoms with Gasteiger partial charge in [0.25, 0.3) is 5.91 Å². The van der Waals surface area contributed by atoms with E-state index in [1.54, 1.807) is 24.5 Å². The summed E-state index contributed by atoms with van der Waals surface area (Å²) in [5, 5.41) is 2.58. The predicted octanol–water partition coefficient (Wildman–Crippen LogP) is 1.27. The van der Waals surface area contributed by atoms with Gasteiger partial charge < -0.3 is 10.1 Å². The minimum absolute atomic E-state index is 0.344. The molecule has 0 unspecified atom stereocenters. The summed E-state index contributed by atoms with van der Waals surface area (Å²) in [7, 11) is 0. The lowest BCUT2D eigenvalue weighted by molar-refractivity contribution is -0.119. The largest absolute Gasteiger partial charge is 0.452 e. The third-order valence-corrected chi connectivity index (χ3v) is 2.21. The molecular weight excluding hydrogens is 246 g/mol. The lowest BCUT2D eigenvalue weighted by Crippen LogP contribution is -2.20. The van der Waals surface area contributed by atoms with E-state index in [1.807, 2.05) is 0 Å². The normalized spacial score (nSPS) is 9.68. The number of nitrogens with one attached hydrogen (secondary N) is 1. The van der Waals surface area contributed by atoms with Crippen molar-refractivity contribution in [3.05, 3.63) is 54.6 Å². The lowest BCUT2D eigenvalue weighted by atomic mass is 10.3. The van der Waals surface area contributed by atoms with Gasteiger partial charge in [0.05, 0.1) is 5.56 Å². The number of aromatic nitrogens is 2. The Balaban J connectivity index is 1.83. The maximum Gasteiger partial charge on any atom is 0.338 e. The summed E-state index contributed by atoms with van der Waals surface area (Å²) < 4.78 is 4.87. The van der Waals surface area contributed by atoms with E-state index in [2.05, 4.69) is 15.3 Å². The fourth-order valence-corrected chi connectivity index (χ4v) is 1.33. The third-order valence-electron chi connectivity index (χ3n) is 2.21. The second-order valence-corrected chi connectivity index (χ2v) is 3.60. The molecule has 2 aromatic heterocycles. The summed E-state index contributed by atoms with van der Waals surface area (Å²) in [4.78, 5) is 30.7. The Morgan fingerprint density at radius 3 is 2.21 bits per heavy atom. The maximum atomic E-state index is 11.6. The fourth-order valence-electron chi connectivity index (χ4n) is 1.33. The Hall–Kier alpha value is -2.76. The lowest BCUT2D eigenvalue weighted by Gasteiger charge is -2.06. The van der Waals surface area contributed by atoms with Crippen molar-refractivity contribution < 1.29 is 14.3 Å². The van der Waals surface area contributed by atoms with Crippen molar-refractivity contribution >= 4 is 17.6 Å². The molecule has 0 saturated carbocycles. The molecule has 0 aromatic carbocycles. The Morgan fingerprint density at radius 1 is 1.00 bits per heavy atom. The molecule has 0 aliphatic carbocycles. The SMILES string of the molecule is O=C(COC(=O)c1ccncc1)Nc1ccncc1. The standard InChI is InChI=1S/C13H11N3O3/c17-12(16-11-3-7-15-8-4-11)9-19-13(18)10-1-5-14-6-2-10/h1-8H,9H2,(H,15,16,17). The van der Waals surface area contributed by atoms with Crippen LogP contribution >= 0.6 is 0 Å². The molecule has 2 rings (SSSR count). The number of hydrogen-bond acceptors (Lipinski definition) is 5. The van der Waals surface area contributed by atoms with Crippen LogP contribution in [0.2, 0.25) is 0 Å². The number of esters is 1. The fraction of sp³-hybridized carbons (Fsp3) is 0.0769. The molecule has 1 amide bonds. The molecule has 0 atom stereocenters. The molecule has 0 aliphatic heterocycles. The van der Waals surface area contributed by atoms with Crippen LogP contribution in [-0.2, 0) is 9.53 Å². The van der Waals surface area contributed by atoms with Crippen molar-refractivity contribution in [3.63, 3.8) is 0 Å². The number of pyridine rings is 2. The zero-order valence-corrected chi connectivity index (χ0v) is 9.95. The molecule has 6 heteroatoms. The van der Waals surface area contributed by atoms with E-state index < -0.39 is 11.9 Å². The van der Waals surface area contributed by atoms with Gasteiger partial charge in [-0.1, -0.05) is 0 Å². The minimum atomic E-state index is -0.563. The second-order valence-electron chi connectivity index (χ2n) is 3.60. The molecule has 2 heterocycles. The summed E-state index contributed by atoms with van der Waals surface area (Å²) >= 11 is 0. The van der Waals surface area contributed by atoms with Gasteiger partial charge >= 0.3 is 5.97 Å². The number of rotatable bonds is 4. The maximum absolute atomic E-state index is 11.6. The van der Waals surface area contributed by atoms with Gasteiger partial charge in [-0.15, -0.1) is 0 Å². The molecule has 96 valence electrons. The Labute approximate surface area is 109 Å². The van der Waals surface area contributed by atoms with E-state index in [0.717, 1.165) is 0 Å². The summed E-state index contributed by atoms with van der Waals surface area (Å²) in [6.07, 6.45) is 6.07. The van der Waals surface area contributed by atoms with E-state index in [0.29, 0.717) is 11.3 Å². The van der Waals surface area contributed by atoms with Crippen LogP contribution in [0.1, 0.15) is 10.4 Å². The molecule has 19 heavy (non-hydrogen) atoms. The van der Waals surface area contributed by atoms with E-state index in [-0.39, 0.29) is 6.61 Å². The summed E-state index contributed by atoms with van der Waals surface area (Å²) in [5.41, 5.74) is 0.951. The number of carbonyl (C=O) groups is 2. The highest BCUT2D eigenvalue weighted by Gasteiger charge is 2.09. The van der Waals surface area contributed by atoms with Crippen LogP contribution in [0.4, 0.5) is 5.69 Å². The molecule has 0 fully saturated rings. The van der Waals surface area contributed by atoms with Crippen LogP contribution in [0.5, 0.6) is 0 Å². The first-order valence-corrected chi connectivity index (χ1v) is 5.53. The molecule has 0 aliphatic rings. The van der Waals surface area contributed by atoms with Gasteiger partial charge in [0.2, 0.25) is 0 Å². The molecule has 0 spiro atoms. The molecule has 1 N–H and O–H groups in total. The van der Waals surface area contributed by atoms with Crippen molar-refractivity contribution in [2.45, 2.75) is 0 Å². The van der Waals surface area contributed by atoms with Crippen molar-refractivity contribution in [2.75, 3.05) is 11.9 Å². The summed E-state index contributed by atoms with van der Waals surface area (Å²) in [5.74, 6) is -0.971. The number of anilines is 1. The summed E-state index contributed by atoms with van der Waals surface area (Å²) in [6.45, 7) is -0.344. The van der Waals surface area contributed by atoms with Crippen LogP contribution in [0.3, 0.4) is 0 Å². The van der Waals surface area contributed by atoms with Crippen LogP contribution in [0.15, 0.2) is 49.1 Å². The average molecular weight is 257 g/mol. The predicted molar refractivity (Wildman–Crippen MR) is 67.4 cm³/mol. The van der Waals surface area contributed by atoms with Gasteiger partial charge in [0, 0.05) is 30.5 Å². The van der Waals surface area contributed by atoms with Crippen LogP contribution in [-0.4, -0.2) is 28.5 Å². The first-order chi connectivity index (χ1) is 9.25. The number of ether oxygens (including phenoxy) is 1. The summed E-state index contributed by atoms with van der Waals surface area (Å²) in [6, 6.07) is 6.32. The molecule has 0 bridgehead atoms. The molecular formula is C13H11N3O3. The molecule has 6 nitrogen and oxygen atoms in total. The zero-order chi connectivity index (χ0) is 13.5. The van der Waals surface area contributed by atoms with Crippen LogP contribution in [0.25, 0.3) is 0 Å². The van der Waals surface area contributed by atoms with Gasteiger partial charge in [-0.3, -0.25) is 14.8 Å². The van der Waals surface area contributed by atoms with E-state index >= 15 is 0 Å². The number of nitrogens with zero attached hydrogens (tertiary/aromatic N) is 2. The van der Waals surface area contributed by atoms with E-state index in [4.69, 9.17) is 4.74 Å². The van der Waals surface area contributed by atoms with Crippen molar-refractivity contribution in [1.82, 2.24) is 9.97 Å². The number of carbonyl (C=O) groups excluding carboxylic acids is 2. The number of hydrogen-bond donors (Lipinski definition) is 1. The first kappa shape index (κ1) is 12.7. The number of amides is 1. The van der Waals surface area contributed by atoms with Gasteiger partial charge in [-0.25, -0.2) is 4.79 Å². The molecule has 2 aromatic rings. The van der Waals surface area contributed by atoms with Crippen molar-refractivity contribution in [2.24, 2.45) is 0 Å². The first-order valence-electron chi connectivity index (χ1n) is 5.53. The highest BCUT2D eigenvalue weighted by molar-refractivity contribution is 5.95. The van der Waals surface area contributed by atoms with Crippen LogP contribution < -0.4 is 5.32 Å². The minimum Gasteiger partial charge on any atom is -0.452 e. The van der Waals surface area contributed by atoms with Gasteiger partial charge in [-0.2, -0.15) is 0 Å². The van der Waals surface area contributed by atoms with E-state index in [1.165, 1.54) is 24.5 Å². The third kappa shape index (κ3) is 3.88. The van der Waals surface area contributed by atoms with Gasteiger partial charge in [0.15, 0.2) is 6.61 Å². The quantitative estimate of drug-likeness (QED) is 0.834. The Morgan fingerprint density at radius 2 is 1.58 bits per heavy atom. The zero-order valence-electron chi connectivity index (χ0n) is 9.95. The highest BCUT2D eigenvalue weighted by atomic mass is 16.5. The van der Waals surface area contributed by atoms with Crippen LogP contribution in [0, 0.1) is 0 Å².